The molecule has 1 aliphatic heterocycles. The number of aromatic nitrogens is 2. The highest BCUT2D eigenvalue weighted by Crippen LogP contribution is 2.40. The van der Waals surface area contributed by atoms with Crippen molar-refractivity contribution < 1.29 is 13.6 Å². The number of nitrogens with zero attached hydrogens (tertiary/aromatic N) is 4. The van der Waals surface area contributed by atoms with Crippen molar-refractivity contribution in [2.24, 2.45) is 0 Å². The molecular weight excluding hydrogens is 385 g/mol. The second-order valence-electron chi connectivity index (χ2n) is 8.38. The average Bonchev–Trinajstić information content (AvgIpc) is 3.36. The Hall–Kier alpha value is -3.16. The van der Waals surface area contributed by atoms with Gasteiger partial charge in [0, 0.05) is 37.4 Å². The number of piperazine rings is 1. The van der Waals surface area contributed by atoms with Gasteiger partial charge in [-0.2, -0.15) is 0 Å². The lowest BCUT2D eigenvalue weighted by molar-refractivity contribution is 0.0746. The van der Waals surface area contributed by atoms with Crippen molar-refractivity contribution in [3.05, 3.63) is 47.7 Å². The monoisotopic (exact) mass is 409 g/mol. The number of nitrogens with one attached hydrogen (secondary N) is 1. The Morgan fingerprint density at radius 1 is 1.13 bits per heavy atom. The van der Waals surface area contributed by atoms with Gasteiger partial charge in [0.05, 0.1) is 10.9 Å². The van der Waals surface area contributed by atoms with Crippen LogP contribution in [0.1, 0.15) is 35.9 Å². The molecule has 156 valence electrons. The van der Waals surface area contributed by atoms with Crippen LogP contribution in [-0.2, 0) is 0 Å². The maximum atomic E-state index is 13.4. The molecule has 1 saturated carbocycles. The first-order chi connectivity index (χ1) is 14.4. The highest BCUT2D eigenvalue weighted by atomic mass is 19.1. The number of carbonyl (C=O) groups is 1. The number of carbonyl (C=O) groups excluding carboxylic acids is 1. The molecule has 0 unspecified atom stereocenters. The summed E-state index contributed by atoms with van der Waals surface area (Å²) in [6.07, 6.45) is 3.61. The third-order valence-corrected chi connectivity index (χ3v) is 6.06. The normalized spacial score (nSPS) is 18.0. The van der Waals surface area contributed by atoms with Crippen LogP contribution in [0.4, 0.5) is 15.9 Å². The molecule has 1 amide bonds. The largest absolute Gasteiger partial charge is 0.442 e. The molecule has 1 aliphatic carbocycles. The summed E-state index contributed by atoms with van der Waals surface area (Å²) in [5, 5.41) is 4.12. The first kappa shape index (κ1) is 18.8. The summed E-state index contributed by atoms with van der Waals surface area (Å²) in [7, 11) is 0. The smallest absolute Gasteiger partial charge is 0.258 e. The van der Waals surface area contributed by atoms with Crippen LogP contribution in [-0.4, -0.2) is 52.5 Å². The lowest BCUT2D eigenvalue weighted by Gasteiger charge is -2.36. The maximum Gasteiger partial charge on any atom is 0.258 e. The number of hydrogen-bond donors (Lipinski definition) is 1. The zero-order valence-corrected chi connectivity index (χ0v) is 17.1. The van der Waals surface area contributed by atoms with Gasteiger partial charge in [0.15, 0.2) is 0 Å². The number of anilines is 2. The molecule has 5 rings (SSSR count). The van der Waals surface area contributed by atoms with Crippen molar-refractivity contribution in [3.63, 3.8) is 0 Å². The lowest BCUT2D eigenvalue weighted by atomic mass is 10.1. The summed E-state index contributed by atoms with van der Waals surface area (Å²) >= 11 is 0. The average molecular weight is 409 g/mol. The van der Waals surface area contributed by atoms with Crippen LogP contribution >= 0.6 is 0 Å². The minimum atomic E-state index is -0.249. The zero-order chi connectivity index (χ0) is 20.9. The lowest BCUT2D eigenvalue weighted by Crippen LogP contribution is -2.48. The van der Waals surface area contributed by atoms with Crippen molar-refractivity contribution in [2.45, 2.75) is 32.2 Å². The van der Waals surface area contributed by atoms with E-state index in [4.69, 9.17) is 4.42 Å². The minimum Gasteiger partial charge on any atom is -0.442 e. The van der Waals surface area contributed by atoms with Crippen molar-refractivity contribution in [1.82, 2.24) is 14.9 Å². The molecule has 3 heterocycles. The molecule has 7 nitrogen and oxygen atoms in total. The molecule has 1 aromatic carbocycles. The fourth-order valence-electron chi connectivity index (χ4n) is 3.97. The summed E-state index contributed by atoms with van der Waals surface area (Å²) < 4.78 is 19.0. The molecule has 2 aromatic heterocycles. The van der Waals surface area contributed by atoms with E-state index in [2.05, 4.69) is 27.1 Å². The zero-order valence-electron chi connectivity index (χ0n) is 17.1. The van der Waals surface area contributed by atoms with Crippen LogP contribution in [0.2, 0.25) is 0 Å². The van der Waals surface area contributed by atoms with Crippen LogP contribution in [0.25, 0.3) is 11.1 Å². The SMILES string of the molecule is Cc1oc2ncnc(NC3(C)CC3)c2c1C(=O)N1CCN(c2ccc(F)cc2)CC1. The van der Waals surface area contributed by atoms with E-state index in [1.54, 1.807) is 19.1 Å². The number of benzene rings is 1. The summed E-state index contributed by atoms with van der Waals surface area (Å²) in [5.41, 5.74) is 1.95. The molecule has 3 aromatic rings. The van der Waals surface area contributed by atoms with Gasteiger partial charge in [-0.05, 0) is 51.0 Å². The van der Waals surface area contributed by atoms with Crippen LogP contribution in [0.5, 0.6) is 0 Å². The van der Waals surface area contributed by atoms with E-state index < -0.39 is 0 Å². The van der Waals surface area contributed by atoms with Gasteiger partial charge in [-0.1, -0.05) is 0 Å². The van der Waals surface area contributed by atoms with Crippen molar-refractivity contribution in [1.29, 1.82) is 0 Å². The predicted molar refractivity (Wildman–Crippen MR) is 112 cm³/mol. The highest BCUT2D eigenvalue weighted by Gasteiger charge is 2.39. The second-order valence-corrected chi connectivity index (χ2v) is 8.38. The first-order valence-electron chi connectivity index (χ1n) is 10.3. The van der Waals surface area contributed by atoms with E-state index in [0.29, 0.717) is 54.4 Å². The summed E-state index contributed by atoms with van der Waals surface area (Å²) in [5.74, 6) is 0.899. The number of halogens is 1. The molecule has 0 radical (unpaired) electrons. The first-order valence-corrected chi connectivity index (χ1v) is 10.3. The number of hydrogen-bond acceptors (Lipinski definition) is 6. The van der Waals surface area contributed by atoms with Gasteiger partial charge in [0.2, 0.25) is 5.71 Å². The Labute approximate surface area is 173 Å². The molecule has 8 heteroatoms. The van der Waals surface area contributed by atoms with Gasteiger partial charge in [-0.15, -0.1) is 0 Å². The van der Waals surface area contributed by atoms with E-state index in [1.807, 2.05) is 4.90 Å². The summed E-state index contributed by atoms with van der Waals surface area (Å²) in [6, 6.07) is 6.47. The molecule has 1 N–H and O–H groups in total. The molecule has 2 aliphatic rings. The van der Waals surface area contributed by atoms with Crippen LogP contribution in [0.3, 0.4) is 0 Å². The van der Waals surface area contributed by atoms with Crippen LogP contribution in [0.15, 0.2) is 35.0 Å². The Balaban J connectivity index is 1.39. The van der Waals surface area contributed by atoms with Crippen molar-refractivity contribution in [3.8, 4) is 0 Å². The minimum absolute atomic E-state index is 0.0214. The van der Waals surface area contributed by atoms with E-state index >= 15 is 0 Å². The Bertz CT molecular complexity index is 1100. The third kappa shape index (κ3) is 3.36. The van der Waals surface area contributed by atoms with Crippen LogP contribution < -0.4 is 10.2 Å². The number of furan rings is 1. The van der Waals surface area contributed by atoms with Crippen LogP contribution in [0, 0.1) is 12.7 Å². The predicted octanol–water partition coefficient (Wildman–Crippen LogP) is 3.60. The molecule has 0 spiro atoms. The number of amides is 1. The van der Waals surface area contributed by atoms with E-state index in [1.165, 1.54) is 18.5 Å². The van der Waals surface area contributed by atoms with Gasteiger partial charge in [-0.3, -0.25) is 4.79 Å². The molecule has 2 fully saturated rings. The Morgan fingerprint density at radius 2 is 1.83 bits per heavy atom. The third-order valence-electron chi connectivity index (χ3n) is 6.06. The van der Waals surface area contributed by atoms with Crippen molar-refractivity contribution >= 4 is 28.5 Å². The molecule has 0 bridgehead atoms. The van der Waals surface area contributed by atoms with E-state index in [9.17, 15) is 9.18 Å². The van der Waals surface area contributed by atoms with Gasteiger partial charge in [-0.25, -0.2) is 14.4 Å². The molecule has 30 heavy (non-hydrogen) atoms. The van der Waals surface area contributed by atoms with Gasteiger partial charge in [0.25, 0.3) is 5.91 Å². The van der Waals surface area contributed by atoms with E-state index in [0.717, 1.165) is 18.5 Å². The Morgan fingerprint density at radius 3 is 2.50 bits per heavy atom. The fourth-order valence-corrected chi connectivity index (χ4v) is 3.97. The number of fused-ring (bicyclic) bond motifs is 1. The number of rotatable bonds is 4. The molecule has 0 atom stereocenters. The van der Waals surface area contributed by atoms with Gasteiger partial charge in [0.1, 0.15) is 23.7 Å². The maximum absolute atomic E-state index is 13.4. The topological polar surface area (TPSA) is 74.5 Å². The van der Waals surface area contributed by atoms with Gasteiger partial charge >= 0.3 is 0 Å². The summed E-state index contributed by atoms with van der Waals surface area (Å²) in [4.78, 5) is 26.1. The van der Waals surface area contributed by atoms with Gasteiger partial charge < -0.3 is 19.5 Å². The Kier molecular flexibility index (Phi) is 4.38. The standard InChI is InChI=1S/C22H24FN5O2/c1-14-17(18-19(26-22(2)7-8-22)24-13-25-20(18)30-14)21(29)28-11-9-27(10-12-28)16-5-3-15(23)4-6-16/h3-6,13H,7-12H2,1-2H3,(H,24,25,26). The fraction of sp³-hybridized carbons (Fsp3) is 0.409. The van der Waals surface area contributed by atoms with Crippen molar-refractivity contribution in [2.75, 3.05) is 36.4 Å². The van der Waals surface area contributed by atoms with E-state index in [-0.39, 0.29) is 17.3 Å². The highest BCUT2D eigenvalue weighted by molar-refractivity contribution is 6.10. The molecule has 1 saturated heterocycles. The quantitative estimate of drug-likeness (QED) is 0.710. The molecular formula is C22H24FN5O2. The number of aryl methyl sites for hydroxylation is 1. The summed E-state index contributed by atoms with van der Waals surface area (Å²) in [6.45, 7) is 6.47. The second kappa shape index (κ2) is 6.97.